The van der Waals surface area contributed by atoms with Gasteiger partial charge in [0.2, 0.25) is 0 Å². The Morgan fingerprint density at radius 1 is 1.00 bits per heavy atom. The summed E-state index contributed by atoms with van der Waals surface area (Å²) in [6, 6.07) is 13.8. The summed E-state index contributed by atoms with van der Waals surface area (Å²) in [4.78, 5) is 38.3. The monoisotopic (exact) mass is 321 g/mol. The van der Waals surface area contributed by atoms with E-state index in [0.717, 1.165) is 11.1 Å². The fourth-order valence-corrected chi connectivity index (χ4v) is 3.62. The van der Waals surface area contributed by atoms with Gasteiger partial charge in [-0.05, 0) is 23.3 Å². The molecule has 0 fully saturated rings. The zero-order valence-corrected chi connectivity index (χ0v) is 13.1. The molecule has 0 saturated carbocycles. The molecule has 0 spiro atoms. The van der Waals surface area contributed by atoms with Crippen LogP contribution in [0.3, 0.4) is 0 Å². The Morgan fingerprint density at radius 3 is 2.21 bits per heavy atom. The molecule has 0 bridgehead atoms. The van der Waals surface area contributed by atoms with Crippen molar-refractivity contribution < 1.29 is 19.1 Å². The molecule has 0 aromatic heterocycles. The van der Waals surface area contributed by atoms with E-state index in [2.05, 4.69) is 0 Å². The molecule has 1 aliphatic carbocycles. The zero-order chi connectivity index (χ0) is 16.8. The van der Waals surface area contributed by atoms with Gasteiger partial charge in [0.1, 0.15) is 12.1 Å². The van der Waals surface area contributed by atoms with E-state index >= 15 is 0 Å². The van der Waals surface area contributed by atoms with Crippen LogP contribution in [0.5, 0.6) is 0 Å². The predicted octanol–water partition coefficient (Wildman–Crippen LogP) is 2.51. The largest absolute Gasteiger partial charge is 0.460 e. The van der Waals surface area contributed by atoms with Gasteiger partial charge in [0, 0.05) is 13.3 Å². The maximum absolute atomic E-state index is 12.8. The Morgan fingerprint density at radius 2 is 1.58 bits per heavy atom. The lowest BCUT2D eigenvalue weighted by Gasteiger charge is -2.28. The predicted molar refractivity (Wildman–Crippen MR) is 85.4 cm³/mol. The molecule has 5 nitrogen and oxygen atoms in total. The number of nitrogens with zero attached hydrogens (tertiary/aromatic N) is 1. The van der Waals surface area contributed by atoms with Crippen LogP contribution >= 0.6 is 0 Å². The highest BCUT2D eigenvalue weighted by molar-refractivity contribution is 6.21. The van der Waals surface area contributed by atoms with Gasteiger partial charge in [0.15, 0.2) is 0 Å². The number of carbonyl (C=O) groups excluding carboxylic acids is 3. The second-order valence-corrected chi connectivity index (χ2v) is 6.02. The van der Waals surface area contributed by atoms with Crippen LogP contribution in [0.4, 0.5) is 0 Å². The van der Waals surface area contributed by atoms with Crippen molar-refractivity contribution in [2.75, 3.05) is 0 Å². The molecule has 0 saturated heterocycles. The summed E-state index contributed by atoms with van der Waals surface area (Å²) >= 11 is 0. The molecule has 2 aromatic carbocycles. The molecule has 4 rings (SSSR count). The first-order valence-electron chi connectivity index (χ1n) is 7.80. The van der Waals surface area contributed by atoms with Crippen molar-refractivity contribution in [1.29, 1.82) is 0 Å². The van der Waals surface area contributed by atoms with E-state index in [0.29, 0.717) is 17.5 Å². The minimum Gasteiger partial charge on any atom is -0.460 e. The fraction of sp³-hybridized carbons (Fsp3) is 0.211. The Hall–Kier alpha value is -2.95. The van der Waals surface area contributed by atoms with E-state index in [-0.39, 0.29) is 11.8 Å². The zero-order valence-electron chi connectivity index (χ0n) is 13.1. The van der Waals surface area contributed by atoms with Crippen LogP contribution in [0.1, 0.15) is 44.8 Å². The van der Waals surface area contributed by atoms with Crippen molar-refractivity contribution in [2.45, 2.75) is 25.5 Å². The van der Waals surface area contributed by atoms with Crippen molar-refractivity contribution in [2.24, 2.45) is 0 Å². The number of hydrogen-bond donors (Lipinski definition) is 0. The van der Waals surface area contributed by atoms with E-state index in [1.165, 1.54) is 11.8 Å². The third kappa shape index (κ3) is 2.05. The highest BCUT2D eigenvalue weighted by Gasteiger charge is 2.47. The number of rotatable bonds is 2. The van der Waals surface area contributed by atoms with Crippen LogP contribution in [0.2, 0.25) is 0 Å². The summed E-state index contributed by atoms with van der Waals surface area (Å²) in [5.41, 5.74) is 2.64. The van der Waals surface area contributed by atoms with Crippen molar-refractivity contribution >= 4 is 17.8 Å². The molecule has 120 valence electrons. The molecular weight excluding hydrogens is 306 g/mol. The first-order valence-corrected chi connectivity index (χ1v) is 7.80. The van der Waals surface area contributed by atoms with Gasteiger partial charge < -0.3 is 4.74 Å². The van der Waals surface area contributed by atoms with E-state index < -0.39 is 18.1 Å². The van der Waals surface area contributed by atoms with Crippen LogP contribution < -0.4 is 0 Å². The Bertz CT molecular complexity index is 838. The minimum absolute atomic E-state index is 0.338. The SMILES string of the molecule is CC(=O)O[C@@H]1Cc2ccccc2[C@@H]1N1C(=O)c2ccccc2C1=O. The lowest BCUT2D eigenvalue weighted by Crippen LogP contribution is -2.40. The van der Waals surface area contributed by atoms with E-state index in [9.17, 15) is 14.4 Å². The topological polar surface area (TPSA) is 63.7 Å². The molecule has 24 heavy (non-hydrogen) atoms. The molecule has 0 radical (unpaired) electrons. The summed E-state index contributed by atoms with van der Waals surface area (Å²) in [5.74, 6) is -1.10. The molecule has 2 aliphatic rings. The lowest BCUT2D eigenvalue weighted by atomic mass is 10.1. The van der Waals surface area contributed by atoms with Gasteiger partial charge in [-0.15, -0.1) is 0 Å². The van der Waals surface area contributed by atoms with Crippen molar-refractivity contribution in [1.82, 2.24) is 4.90 Å². The molecule has 1 heterocycles. The van der Waals surface area contributed by atoms with Crippen molar-refractivity contribution in [3.63, 3.8) is 0 Å². The van der Waals surface area contributed by atoms with Crippen LogP contribution in [0, 0.1) is 0 Å². The molecule has 5 heteroatoms. The number of hydrogen-bond acceptors (Lipinski definition) is 4. The van der Waals surface area contributed by atoms with Gasteiger partial charge in [-0.3, -0.25) is 19.3 Å². The van der Waals surface area contributed by atoms with Gasteiger partial charge in [-0.2, -0.15) is 0 Å². The first kappa shape index (κ1) is 14.6. The normalized spacial score (nSPS) is 21.6. The van der Waals surface area contributed by atoms with Gasteiger partial charge in [0.25, 0.3) is 11.8 Å². The number of esters is 1. The van der Waals surface area contributed by atoms with Gasteiger partial charge >= 0.3 is 5.97 Å². The second-order valence-electron chi connectivity index (χ2n) is 6.02. The van der Waals surface area contributed by atoms with Crippen LogP contribution in [-0.4, -0.2) is 28.8 Å². The van der Waals surface area contributed by atoms with E-state index in [1.807, 2.05) is 24.3 Å². The average Bonchev–Trinajstić information content (AvgIpc) is 3.03. The smallest absolute Gasteiger partial charge is 0.302 e. The summed E-state index contributed by atoms with van der Waals surface area (Å²) in [7, 11) is 0. The van der Waals surface area contributed by atoms with Crippen LogP contribution in [0.25, 0.3) is 0 Å². The lowest BCUT2D eigenvalue weighted by molar-refractivity contribution is -0.148. The van der Waals surface area contributed by atoms with Gasteiger partial charge in [-0.25, -0.2) is 0 Å². The minimum atomic E-state index is -0.586. The Labute approximate surface area is 138 Å². The number of ether oxygens (including phenoxy) is 1. The average molecular weight is 321 g/mol. The van der Waals surface area contributed by atoms with Crippen molar-refractivity contribution in [3.05, 3.63) is 70.8 Å². The molecule has 2 aromatic rings. The van der Waals surface area contributed by atoms with E-state index in [1.54, 1.807) is 24.3 Å². The van der Waals surface area contributed by atoms with Crippen LogP contribution in [-0.2, 0) is 16.0 Å². The number of imide groups is 1. The number of benzene rings is 2. The molecule has 0 unspecified atom stereocenters. The molecule has 0 N–H and O–H groups in total. The molecule has 2 amide bonds. The summed E-state index contributed by atoms with van der Waals surface area (Å²) in [6.45, 7) is 1.34. The molecular formula is C19H15NO4. The maximum Gasteiger partial charge on any atom is 0.302 e. The summed E-state index contributed by atoms with van der Waals surface area (Å²) < 4.78 is 5.43. The number of amides is 2. The van der Waals surface area contributed by atoms with Crippen molar-refractivity contribution in [3.8, 4) is 0 Å². The first-order chi connectivity index (χ1) is 11.6. The third-order valence-corrected chi connectivity index (χ3v) is 4.57. The standard InChI is InChI=1S/C19H15NO4/c1-11(21)24-16-10-12-6-2-3-7-13(12)17(16)20-18(22)14-8-4-5-9-15(14)19(20)23/h2-9,16-17H,10H2,1H3/t16-,17+/m1/s1. The Kier molecular flexibility index (Phi) is 3.23. The molecule has 2 atom stereocenters. The fourth-order valence-electron chi connectivity index (χ4n) is 3.62. The highest BCUT2D eigenvalue weighted by atomic mass is 16.5. The Balaban J connectivity index is 1.80. The number of fused-ring (bicyclic) bond motifs is 2. The highest BCUT2D eigenvalue weighted by Crippen LogP contribution is 2.41. The molecule has 1 aliphatic heterocycles. The van der Waals surface area contributed by atoms with Gasteiger partial charge in [-0.1, -0.05) is 36.4 Å². The quantitative estimate of drug-likeness (QED) is 0.630. The summed E-state index contributed by atoms with van der Waals surface area (Å²) in [6.07, 6.45) is -0.0597. The maximum atomic E-state index is 12.8. The summed E-state index contributed by atoms with van der Waals surface area (Å²) in [5, 5.41) is 0. The number of carbonyl (C=O) groups is 3. The second kappa shape index (κ2) is 5.30. The van der Waals surface area contributed by atoms with E-state index in [4.69, 9.17) is 4.74 Å². The van der Waals surface area contributed by atoms with Gasteiger partial charge in [0.05, 0.1) is 11.1 Å². The van der Waals surface area contributed by atoms with Crippen LogP contribution in [0.15, 0.2) is 48.5 Å². The third-order valence-electron chi connectivity index (χ3n) is 4.57.